The number of rotatable bonds is 7. The van der Waals surface area contributed by atoms with Crippen LogP contribution in [0, 0.1) is 15.9 Å². The molecule has 0 radical (unpaired) electrons. The lowest BCUT2D eigenvalue weighted by Gasteiger charge is -2.34. The number of hydrogen-bond donors (Lipinski definition) is 0. The fourth-order valence-electron chi connectivity index (χ4n) is 3.12. The highest BCUT2D eigenvalue weighted by atomic mass is 35.5. The molecule has 8 heteroatoms. The molecule has 0 saturated carbocycles. The van der Waals surface area contributed by atoms with E-state index in [0.717, 1.165) is 38.8 Å². The van der Waals surface area contributed by atoms with Crippen LogP contribution in [0.3, 0.4) is 0 Å². The number of nitro benzene ring substituents is 1. The first-order valence-corrected chi connectivity index (χ1v) is 9.15. The monoisotopic (exact) mass is 393 g/mol. The molecule has 2 aromatic carbocycles. The molecular formula is C19H21ClFN3O3. The van der Waals surface area contributed by atoms with Gasteiger partial charge in [0.25, 0.3) is 5.69 Å². The Hall–Kier alpha value is -2.22. The van der Waals surface area contributed by atoms with Crippen molar-refractivity contribution >= 4 is 17.3 Å². The van der Waals surface area contributed by atoms with Gasteiger partial charge in [0.2, 0.25) is 0 Å². The summed E-state index contributed by atoms with van der Waals surface area (Å²) >= 11 is 6.07. The predicted molar refractivity (Wildman–Crippen MR) is 102 cm³/mol. The Balaban J connectivity index is 1.46. The average Bonchev–Trinajstić information content (AvgIpc) is 2.64. The maximum Gasteiger partial charge on any atom is 0.274 e. The zero-order chi connectivity index (χ0) is 19.2. The molecule has 0 atom stereocenters. The topological polar surface area (TPSA) is 58.9 Å². The quantitative estimate of drug-likeness (QED) is 0.531. The third-order valence-electron chi connectivity index (χ3n) is 4.60. The zero-order valence-corrected chi connectivity index (χ0v) is 15.6. The van der Waals surface area contributed by atoms with Gasteiger partial charge in [-0.2, -0.15) is 0 Å². The van der Waals surface area contributed by atoms with Crippen molar-refractivity contribution in [3.05, 3.63) is 69.0 Å². The number of piperazine rings is 1. The first kappa shape index (κ1) is 19.5. The molecule has 1 fully saturated rings. The predicted octanol–water partition coefficient (Wildman–Crippen LogP) is 3.58. The molecule has 0 N–H and O–H groups in total. The molecule has 27 heavy (non-hydrogen) atoms. The van der Waals surface area contributed by atoms with Crippen molar-refractivity contribution in [3.8, 4) is 5.75 Å². The molecular weight excluding hydrogens is 373 g/mol. The van der Waals surface area contributed by atoms with Crippen LogP contribution in [0.2, 0.25) is 5.02 Å². The maximum absolute atomic E-state index is 13.5. The SMILES string of the molecule is O=[N+]([O-])c1ccc(F)cc1CN1CCN(CCOc2ccccc2Cl)CC1. The Morgan fingerprint density at radius 3 is 2.52 bits per heavy atom. The summed E-state index contributed by atoms with van der Waals surface area (Å²) < 4.78 is 19.2. The summed E-state index contributed by atoms with van der Waals surface area (Å²) in [5, 5.41) is 11.7. The summed E-state index contributed by atoms with van der Waals surface area (Å²) in [6, 6.07) is 11.0. The molecule has 144 valence electrons. The lowest BCUT2D eigenvalue weighted by molar-refractivity contribution is -0.385. The average molecular weight is 394 g/mol. The second kappa shape index (κ2) is 9.12. The van der Waals surface area contributed by atoms with Crippen LogP contribution < -0.4 is 4.74 Å². The van der Waals surface area contributed by atoms with Crippen LogP contribution in [0.4, 0.5) is 10.1 Å². The summed E-state index contributed by atoms with van der Waals surface area (Å²) in [6.45, 7) is 4.87. The van der Waals surface area contributed by atoms with E-state index in [2.05, 4.69) is 9.80 Å². The van der Waals surface area contributed by atoms with Crippen LogP contribution in [0.15, 0.2) is 42.5 Å². The molecule has 0 unspecified atom stereocenters. The second-order valence-electron chi connectivity index (χ2n) is 6.43. The van der Waals surface area contributed by atoms with E-state index in [4.69, 9.17) is 16.3 Å². The van der Waals surface area contributed by atoms with Gasteiger partial charge in [0.1, 0.15) is 18.2 Å². The Morgan fingerprint density at radius 2 is 1.81 bits per heavy atom. The molecule has 1 saturated heterocycles. The number of hydrogen-bond acceptors (Lipinski definition) is 5. The first-order valence-electron chi connectivity index (χ1n) is 8.78. The van der Waals surface area contributed by atoms with Crippen LogP contribution in [0.1, 0.15) is 5.56 Å². The van der Waals surface area contributed by atoms with E-state index >= 15 is 0 Å². The van der Waals surface area contributed by atoms with E-state index in [9.17, 15) is 14.5 Å². The number of para-hydroxylation sites is 1. The fraction of sp³-hybridized carbons (Fsp3) is 0.368. The number of benzene rings is 2. The Bertz CT molecular complexity index is 798. The van der Waals surface area contributed by atoms with Gasteiger partial charge in [0.15, 0.2) is 0 Å². The van der Waals surface area contributed by atoms with Crippen molar-refractivity contribution in [1.29, 1.82) is 0 Å². The van der Waals surface area contributed by atoms with Crippen LogP contribution in [0.25, 0.3) is 0 Å². The van der Waals surface area contributed by atoms with Crippen molar-refractivity contribution in [1.82, 2.24) is 9.80 Å². The summed E-state index contributed by atoms with van der Waals surface area (Å²) in [5.74, 6) is 0.224. The van der Waals surface area contributed by atoms with Gasteiger partial charge in [0, 0.05) is 50.9 Å². The summed E-state index contributed by atoms with van der Waals surface area (Å²) in [7, 11) is 0. The minimum Gasteiger partial charge on any atom is -0.491 e. The van der Waals surface area contributed by atoms with Crippen LogP contribution in [-0.2, 0) is 6.54 Å². The minimum atomic E-state index is -0.461. The van der Waals surface area contributed by atoms with Gasteiger partial charge >= 0.3 is 0 Å². The molecule has 2 aromatic rings. The van der Waals surface area contributed by atoms with Gasteiger partial charge in [-0.15, -0.1) is 0 Å². The first-order chi connectivity index (χ1) is 13.0. The molecule has 0 aromatic heterocycles. The van der Waals surface area contributed by atoms with Crippen molar-refractivity contribution in [2.75, 3.05) is 39.3 Å². The van der Waals surface area contributed by atoms with Crippen LogP contribution in [-0.4, -0.2) is 54.1 Å². The van der Waals surface area contributed by atoms with Crippen LogP contribution >= 0.6 is 11.6 Å². The molecule has 1 aliphatic heterocycles. The van der Waals surface area contributed by atoms with Crippen molar-refractivity contribution in [3.63, 3.8) is 0 Å². The summed E-state index contributed by atoms with van der Waals surface area (Å²) in [6.07, 6.45) is 0. The Morgan fingerprint density at radius 1 is 1.11 bits per heavy atom. The van der Waals surface area contributed by atoms with E-state index in [1.807, 2.05) is 18.2 Å². The van der Waals surface area contributed by atoms with Crippen molar-refractivity contribution in [2.45, 2.75) is 6.54 Å². The number of nitro groups is 1. The van der Waals surface area contributed by atoms with E-state index in [0.29, 0.717) is 29.5 Å². The van der Waals surface area contributed by atoms with E-state index in [1.54, 1.807) is 6.07 Å². The third kappa shape index (κ3) is 5.38. The van der Waals surface area contributed by atoms with Gasteiger partial charge in [0.05, 0.1) is 9.95 Å². The molecule has 3 rings (SSSR count). The fourth-order valence-corrected chi connectivity index (χ4v) is 3.31. The molecule has 0 aliphatic carbocycles. The van der Waals surface area contributed by atoms with Gasteiger partial charge in [-0.3, -0.25) is 19.9 Å². The van der Waals surface area contributed by atoms with E-state index in [-0.39, 0.29) is 5.69 Å². The van der Waals surface area contributed by atoms with Gasteiger partial charge in [-0.1, -0.05) is 23.7 Å². The third-order valence-corrected chi connectivity index (χ3v) is 4.91. The summed E-state index contributed by atoms with van der Waals surface area (Å²) in [4.78, 5) is 15.0. The van der Waals surface area contributed by atoms with Crippen molar-refractivity contribution < 1.29 is 14.1 Å². The van der Waals surface area contributed by atoms with Crippen molar-refractivity contribution in [2.24, 2.45) is 0 Å². The normalized spacial score (nSPS) is 15.6. The standard InChI is InChI=1S/C19H21ClFN3O3/c20-17-3-1-2-4-19(17)27-12-11-22-7-9-23(10-8-22)14-15-13-16(21)5-6-18(15)24(25)26/h1-6,13H,7-12,14H2. The highest BCUT2D eigenvalue weighted by molar-refractivity contribution is 6.32. The minimum absolute atomic E-state index is 0.0352. The lowest BCUT2D eigenvalue weighted by Crippen LogP contribution is -2.47. The summed E-state index contributed by atoms with van der Waals surface area (Å²) in [5.41, 5.74) is 0.377. The molecule has 1 aliphatic rings. The smallest absolute Gasteiger partial charge is 0.274 e. The molecule has 0 spiro atoms. The van der Waals surface area contributed by atoms with E-state index < -0.39 is 10.7 Å². The van der Waals surface area contributed by atoms with E-state index in [1.165, 1.54) is 12.1 Å². The van der Waals surface area contributed by atoms with Crippen LogP contribution in [0.5, 0.6) is 5.75 Å². The number of nitrogens with zero attached hydrogens (tertiary/aromatic N) is 3. The van der Waals surface area contributed by atoms with Gasteiger partial charge < -0.3 is 4.74 Å². The molecule has 0 bridgehead atoms. The second-order valence-corrected chi connectivity index (χ2v) is 6.83. The maximum atomic E-state index is 13.5. The molecule has 6 nitrogen and oxygen atoms in total. The van der Waals surface area contributed by atoms with Gasteiger partial charge in [-0.05, 0) is 24.3 Å². The highest BCUT2D eigenvalue weighted by Crippen LogP contribution is 2.23. The number of ether oxygens (including phenoxy) is 1. The Labute approximate surface area is 162 Å². The van der Waals surface area contributed by atoms with Gasteiger partial charge in [-0.25, -0.2) is 4.39 Å². The highest BCUT2D eigenvalue weighted by Gasteiger charge is 2.21. The molecule has 0 amide bonds. The number of halogens is 2. The largest absolute Gasteiger partial charge is 0.491 e. The Kier molecular flexibility index (Phi) is 6.60. The molecule has 1 heterocycles. The zero-order valence-electron chi connectivity index (χ0n) is 14.8. The lowest BCUT2D eigenvalue weighted by atomic mass is 10.1.